The average Bonchev–Trinajstić information content (AvgIpc) is 2.56. The van der Waals surface area contributed by atoms with Gasteiger partial charge < -0.3 is 23.7 Å². The molecule has 0 spiro atoms. The van der Waals surface area contributed by atoms with Gasteiger partial charge in [0.05, 0.1) is 5.56 Å². The standard InChI is InChI=1S/C16H21O6/c1-10-12(22-15(17)11-8-6-5-7-9-11)13(18-2)14(19-3)16(20-4)21-10/h5-10,12-14,16H,1H2,2-4H3/t10-,12-,13+,14-,16+/m1/s1. The third-order valence-corrected chi connectivity index (χ3v) is 3.62. The molecule has 0 saturated carbocycles. The van der Waals surface area contributed by atoms with Crippen molar-refractivity contribution in [3.05, 3.63) is 42.8 Å². The zero-order valence-corrected chi connectivity index (χ0v) is 12.9. The first kappa shape index (κ1) is 16.9. The van der Waals surface area contributed by atoms with Crippen molar-refractivity contribution in [3.63, 3.8) is 0 Å². The van der Waals surface area contributed by atoms with E-state index in [4.69, 9.17) is 23.7 Å². The number of hydrogen-bond acceptors (Lipinski definition) is 6. The van der Waals surface area contributed by atoms with Crippen molar-refractivity contribution in [1.82, 2.24) is 0 Å². The van der Waals surface area contributed by atoms with Crippen LogP contribution in [0.3, 0.4) is 0 Å². The summed E-state index contributed by atoms with van der Waals surface area (Å²) in [6, 6.07) is 8.72. The topological polar surface area (TPSA) is 63.2 Å². The lowest BCUT2D eigenvalue weighted by molar-refractivity contribution is -0.289. The zero-order chi connectivity index (χ0) is 16.1. The van der Waals surface area contributed by atoms with E-state index in [1.165, 1.54) is 21.3 Å². The number of ether oxygens (including phenoxy) is 5. The quantitative estimate of drug-likeness (QED) is 0.767. The van der Waals surface area contributed by atoms with Crippen LogP contribution in [0.2, 0.25) is 0 Å². The fourth-order valence-electron chi connectivity index (χ4n) is 2.49. The van der Waals surface area contributed by atoms with Crippen molar-refractivity contribution in [2.24, 2.45) is 0 Å². The normalized spacial score (nSPS) is 31.7. The maximum Gasteiger partial charge on any atom is 0.338 e. The van der Waals surface area contributed by atoms with Gasteiger partial charge in [0.1, 0.15) is 18.3 Å². The molecule has 0 aromatic heterocycles. The summed E-state index contributed by atoms with van der Waals surface area (Å²) < 4.78 is 27.2. The van der Waals surface area contributed by atoms with Crippen LogP contribution in [-0.4, -0.2) is 58.0 Å². The van der Waals surface area contributed by atoms with Gasteiger partial charge in [-0.1, -0.05) is 18.2 Å². The molecule has 1 aromatic carbocycles. The third-order valence-electron chi connectivity index (χ3n) is 3.62. The van der Waals surface area contributed by atoms with Gasteiger partial charge in [-0.3, -0.25) is 0 Å². The summed E-state index contributed by atoms with van der Waals surface area (Å²) in [4.78, 5) is 12.2. The summed E-state index contributed by atoms with van der Waals surface area (Å²) in [6.45, 7) is 3.88. The van der Waals surface area contributed by atoms with Gasteiger partial charge in [-0.2, -0.15) is 0 Å². The van der Waals surface area contributed by atoms with Crippen molar-refractivity contribution in [2.45, 2.75) is 30.7 Å². The summed E-state index contributed by atoms with van der Waals surface area (Å²) in [5.74, 6) is -0.462. The van der Waals surface area contributed by atoms with E-state index >= 15 is 0 Å². The fraction of sp³-hybridized carbons (Fsp3) is 0.500. The second-order valence-electron chi connectivity index (χ2n) is 4.92. The lowest BCUT2D eigenvalue weighted by Crippen LogP contribution is -2.59. The molecule has 6 heteroatoms. The molecule has 0 unspecified atom stereocenters. The summed E-state index contributed by atoms with van der Waals surface area (Å²) in [5.41, 5.74) is 0.451. The summed E-state index contributed by atoms with van der Waals surface area (Å²) in [6.07, 6.45) is -3.03. The molecule has 1 saturated heterocycles. The molecule has 1 aromatic rings. The molecule has 0 bridgehead atoms. The molecule has 22 heavy (non-hydrogen) atoms. The van der Waals surface area contributed by atoms with Gasteiger partial charge in [-0.15, -0.1) is 0 Å². The Bertz CT molecular complexity index is 477. The zero-order valence-electron chi connectivity index (χ0n) is 12.9. The van der Waals surface area contributed by atoms with E-state index in [1.54, 1.807) is 24.3 Å². The molecule has 1 radical (unpaired) electrons. The van der Waals surface area contributed by atoms with Crippen LogP contribution in [0, 0.1) is 6.92 Å². The van der Waals surface area contributed by atoms with Gasteiger partial charge in [-0.05, 0) is 19.1 Å². The van der Waals surface area contributed by atoms with Gasteiger partial charge in [0.15, 0.2) is 12.4 Å². The van der Waals surface area contributed by atoms with Crippen LogP contribution in [0.4, 0.5) is 0 Å². The van der Waals surface area contributed by atoms with E-state index in [2.05, 4.69) is 6.92 Å². The van der Waals surface area contributed by atoms with Crippen LogP contribution in [0.1, 0.15) is 10.4 Å². The number of rotatable bonds is 5. The van der Waals surface area contributed by atoms with Crippen LogP contribution in [0.5, 0.6) is 0 Å². The highest BCUT2D eigenvalue weighted by molar-refractivity contribution is 5.89. The van der Waals surface area contributed by atoms with E-state index < -0.39 is 36.7 Å². The Morgan fingerprint density at radius 1 is 1.00 bits per heavy atom. The van der Waals surface area contributed by atoms with E-state index in [-0.39, 0.29) is 0 Å². The number of carbonyl (C=O) groups excluding carboxylic acids is 1. The van der Waals surface area contributed by atoms with Gasteiger partial charge in [0, 0.05) is 21.3 Å². The molecule has 1 heterocycles. The molecule has 121 valence electrons. The SMILES string of the molecule is [CH2][C@H]1O[C@H](OC)[C@H](OC)[C@@H](OC)[C@@H]1OC(=O)c1ccccc1. The molecule has 0 N–H and O–H groups in total. The average molecular weight is 309 g/mol. The van der Waals surface area contributed by atoms with E-state index in [1.807, 2.05) is 6.07 Å². The number of esters is 1. The second-order valence-corrected chi connectivity index (χ2v) is 4.92. The highest BCUT2D eigenvalue weighted by atomic mass is 16.7. The molecule has 5 atom stereocenters. The molecule has 1 fully saturated rings. The van der Waals surface area contributed by atoms with E-state index in [0.29, 0.717) is 5.56 Å². The largest absolute Gasteiger partial charge is 0.453 e. The Hall–Kier alpha value is -1.47. The van der Waals surface area contributed by atoms with E-state index in [0.717, 1.165) is 0 Å². The first-order chi connectivity index (χ1) is 10.6. The van der Waals surface area contributed by atoms with Crippen LogP contribution < -0.4 is 0 Å². The van der Waals surface area contributed by atoms with Crippen molar-refractivity contribution in [2.75, 3.05) is 21.3 Å². The van der Waals surface area contributed by atoms with Crippen molar-refractivity contribution < 1.29 is 28.5 Å². The third kappa shape index (κ3) is 3.47. The number of hydrogen-bond donors (Lipinski definition) is 0. The molecule has 1 aliphatic rings. The Labute approximate surface area is 130 Å². The number of benzene rings is 1. The predicted molar refractivity (Wildman–Crippen MR) is 78.3 cm³/mol. The molecular weight excluding hydrogens is 288 g/mol. The first-order valence-electron chi connectivity index (χ1n) is 6.95. The van der Waals surface area contributed by atoms with Crippen molar-refractivity contribution in [3.8, 4) is 0 Å². The lowest BCUT2D eigenvalue weighted by atomic mass is 9.99. The monoisotopic (exact) mass is 309 g/mol. The Morgan fingerprint density at radius 2 is 1.64 bits per heavy atom. The molecule has 0 amide bonds. The smallest absolute Gasteiger partial charge is 0.338 e. The molecule has 1 aliphatic heterocycles. The molecule has 6 nitrogen and oxygen atoms in total. The maximum atomic E-state index is 12.2. The van der Waals surface area contributed by atoms with E-state index in [9.17, 15) is 4.79 Å². The van der Waals surface area contributed by atoms with Gasteiger partial charge in [0.2, 0.25) is 0 Å². The summed E-state index contributed by atoms with van der Waals surface area (Å²) in [5, 5.41) is 0. The van der Waals surface area contributed by atoms with Gasteiger partial charge in [0.25, 0.3) is 0 Å². The van der Waals surface area contributed by atoms with Crippen LogP contribution in [-0.2, 0) is 23.7 Å². The van der Waals surface area contributed by atoms with Crippen LogP contribution in [0.15, 0.2) is 30.3 Å². The second kappa shape index (κ2) is 7.69. The highest BCUT2D eigenvalue weighted by Crippen LogP contribution is 2.28. The minimum Gasteiger partial charge on any atom is -0.453 e. The minimum atomic E-state index is -0.700. The van der Waals surface area contributed by atoms with Crippen molar-refractivity contribution in [1.29, 1.82) is 0 Å². The van der Waals surface area contributed by atoms with Gasteiger partial charge in [-0.25, -0.2) is 4.79 Å². The van der Waals surface area contributed by atoms with Crippen LogP contribution >= 0.6 is 0 Å². The minimum absolute atomic E-state index is 0.451. The summed E-state index contributed by atoms with van der Waals surface area (Å²) in [7, 11) is 4.54. The molecular formula is C16H21O6. The lowest BCUT2D eigenvalue weighted by Gasteiger charge is -2.43. The van der Waals surface area contributed by atoms with Crippen molar-refractivity contribution >= 4 is 5.97 Å². The number of methoxy groups -OCH3 is 3. The first-order valence-corrected chi connectivity index (χ1v) is 6.95. The molecule has 0 aliphatic carbocycles. The van der Waals surface area contributed by atoms with Gasteiger partial charge >= 0.3 is 5.97 Å². The molecule has 2 rings (SSSR count). The predicted octanol–water partition coefficient (Wildman–Crippen LogP) is 1.45. The summed E-state index contributed by atoms with van der Waals surface area (Å²) >= 11 is 0. The van der Waals surface area contributed by atoms with Crippen LogP contribution in [0.25, 0.3) is 0 Å². The maximum absolute atomic E-state index is 12.2. The Kier molecular flexibility index (Phi) is 5.90. The highest BCUT2D eigenvalue weighted by Gasteiger charge is 2.47. The Balaban J connectivity index is 2.15. The fourth-order valence-corrected chi connectivity index (χ4v) is 2.49. The Morgan fingerprint density at radius 3 is 2.18 bits per heavy atom. The number of carbonyl (C=O) groups is 1.